The van der Waals surface area contributed by atoms with Crippen molar-refractivity contribution >= 4 is 71.1 Å². The first-order valence-electron chi connectivity index (χ1n) is 18.7. The van der Waals surface area contributed by atoms with E-state index in [1.165, 1.54) is 0 Å². The minimum atomic E-state index is 0.508. The minimum absolute atomic E-state index is 0.508. The molecule has 8 aromatic carbocycles. The van der Waals surface area contributed by atoms with Crippen LogP contribution in [0.1, 0.15) is 11.1 Å². The molecule has 0 aliphatic carbocycles. The Morgan fingerprint density at radius 2 is 0.982 bits per heavy atom. The molecule has 0 atom stereocenters. The van der Waals surface area contributed by atoms with E-state index in [9.17, 15) is 10.5 Å². The van der Waals surface area contributed by atoms with Crippen LogP contribution in [0.4, 0.5) is 5.69 Å². The summed E-state index contributed by atoms with van der Waals surface area (Å²) < 4.78 is 6.70. The maximum atomic E-state index is 10.8. The summed E-state index contributed by atoms with van der Waals surface area (Å²) in [6.45, 7) is 8.21. The van der Waals surface area contributed by atoms with Crippen molar-refractivity contribution in [2.45, 2.75) is 0 Å². The fourth-order valence-electron chi connectivity index (χ4n) is 8.91. The van der Waals surface area contributed by atoms with Crippen molar-refractivity contribution < 1.29 is 0 Å². The highest BCUT2D eigenvalue weighted by Crippen LogP contribution is 2.42. The lowest BCUT2D eigenvalue weighted by atomic mass is 9.98. The van der Waals surface area contributed by atoms with Crippen LogP contribution in [0, 0.1) is 29.2 Å². The molecule has 57 heavy (non-hydrogen) atoms. The maximum absolute atomic E-state index is 10.8. The van der Waals surface area contributed by atoms with Crippen LogP contribution in [-0.4, -0.2) is 13.7 Å². The van der Waals surface area contributed by atoms with Crippen LogP contribution >= 0.6 is 0 Å². The molecule has 0 N–H and O–H groups in total. The predicted molar refractivity (Wildman–Crippen MR) is 231 cm³/mol. The highest BCUT2D eigenvalue weighted by atomic mass is 15.0. The largest absolute Gasteiger partial charge is 0.310 e. The van der Waals surface area contributed by atoms with Crippen LogP contribution in [0.25, 0.3) is 98.5 Å². The van der Waals surface area contributed by atoms with Gasteiger partial charge in [-0.3, -0.25) is 0 Å². The normalized spacial score (nSPS) is 11.5. The summed E-state index contributed by atoms with van der Waals surface area (Å²) >= 11 is 0. The van der Waals surface area contributed by atoms with Crippen molar-refractivity contribution in [3.63, 3.8) is 0 Å². The topological polar surface area (TPSA) is 66.7 Å². The third kappa shape index (κ3) is 4.68. The standard InChI is InChI=1S/C51H28N6/c1-54-35-26-34(27-37(28-35)56-45-17-6-2-12-39(45)40-13-3-7-18-46(40)56)38-16-10-11-33(31-53)51(38)57-48-20-9-4-14-41(48)43-23-22-36(29-50(43)57)55-47-19-8-5-15-42(47)44-25-32(30-52)21-24-49(44)55/h2-29H. The molecule has 0 saturated carbocycles. The lowest BCUT2D eigenvalue weighted by Gasteiger charge is -2.18. The Morgan fingerprint density at radius 3 is 1.60 bits per heavy atom. The molecule has 0 saturated heterocycles. The Hall–Kier alpha value is -8.37. The van der Waals surface area contributed by atoms with Gasteiger partial charge in [-0.1, -0.05) is 91.0 Å². The highest BCUT2D eigenvalue weighted by molar-refractivity contribution is 6.13. The number of hydrogen-bond donors (Lipinski definition) is 0. The van der Waals surface area contributed by atoms with E-state index in [-0.39, 0.29) is 0 Å². The SMILES string of the molecule is [C-]#[N+]c1cc(-c2cccc(C#N)c2-n2c3ccccc3c3ccc(-n4c5ccccc5c5cc(C#N)ccc54)cc32)cc(-n2c3ccccc3c3ccccc32)c1. The van der Waals surface area contributed by atoms with E-state index in [1.807, 2.05) is 78.9 Å². The zero-order valence-electron chi connectivity index (χ0n) is 30.3. The van der Waals surface area contributed by atoms with Gasteiger partial charge in [-0.15, -0.1) is 0 Å². The first-order valence-corrected chi connectivity index (χ1v) is 18.7. The van der Waals surface area contributed by atoms with Crippen LogP contribution in [0.2, 0.25) is 0 Å². The number of fused-ring (bicyclic) bond motifs is 9. The Labute approximate surface area is 326 Å². The van der Waals surface area contributed by atoms with Gasteiger partial charge in [0.25, 0.3) is 0 Å². The summed E-state index contributed by atoms with van der Waals surface area (Å²) in [4.78, 5) is 3.97. The van der Waals surface area contributed by atoms with E-state index in [1.54, 1.807) is 0 Å². The molecule has 11 aromatic rings. The molecule has 0 bridgehead atoms. The van der Waals surface area contributed by atoms with E-state index in [0.29, 0.717) is 16.8 Å². The van der Waals surface area contributed by atoms with Gasteiger partial charge in [0.2, 0.25) is 0 Å². The van der Waals surface area contributed by atoms with E-state index >= 15 is 0 Å². The Bertz CT molecular complexity index is 3580. The van der Waals surface area contributed by atoms with Crippen LogP contribution in [-0.2, 0) is 0 Å². The molecule has 0 aliphatic heterocycles. The van der Waals surface area contributed by atoms with E-state index in [2.05, 4.69) is 122 Å². The summed E-state index contributed by atoms with van der Waals surface area (Å²) in [6, 6.07) is 62.4. The number of para-hydroxylation sites is 5. The summed E-state index contributed by atoms with van der Waals surface area (Å²) in [5.74, 6) is 0. The zero-order valence-corrected chi connectivity index (χ0v) is 30.3. The van der Waals surface area contributed by atoms with Gasteiger partial charge in [0.1, 0.15) is 6.07 Å². The smallest absolute Gasteiger partial charge is 0.189 e. The monoisotopic (exact) mass is 724 g/mol. The molecule has 3 aromatic heterocycles. The molecule has 0 aliphatic rings. The molecule has 0 unspecified atom stereocenters. The van der Waals surface area contributed by atoms with Crippen molar-refractivity contribution in [2.24, 2.45) is 0 Å². The van der Waals surface area contributed by atoms with Crippen LogP contribution in [0.5, 0.6) is 0 Å². The molecule has 0 spiro atoms. The number of hydrogen-bond acceptors (Lipinski definition) is 2. The average Bonchev–Trinajstić information content (AvgIpc) is 3.91. The summed E-state index contributed by atoms with van der Waals surface area (Å²) in [5.41, 5.74) is 12.0. The summed E-state index contributed by atoms with van der Waals surface area (Å²) in [5, 5.41) is 27.1. The van der Waals surface area contributed by atoms with E-state index in [0.717, 1.165) is 93.6 Å². The Balaban J connectivity index is 1.20. The second-order valence-corrected chi connectivity index (χ2v) is 14.3. The van der Waals surface area contributed by atoms with Gasteiger partial charge < -0.3 is 13.7 Å². The predicted octanol–water partition coefficient (Wildman–Crippen LogP) is 12.9. The Morgan fingerprint density at radius 1 is 0.421 bits per heavy atom. The van der Waals surface area contributed by atoms with Gasteiger partial charge in [-0.25, -0.2) is 4.85 Å². The van der Waals surface area contributed by atoms with E-state index in [4.69, 9.17) is 6.57 Å². The summed E-state index contributed by atoms with van der Waals surface area (Å²) in [7, 11) is 0. The Kier molecular flexibility index (Phi) is 6.95. The molecule has 3 heterocycles. The quantitative estimate of drug-likeness (QED) is 0.170. The second-order valence-electron chi connectivity index (χ2n) is 14.3. The highest BCUT2D eigenvalue weighted by Gasteiger charge is 2.22. The number of nitrogens with zero attached hydrogens (tertiary/aromatic N) is 6. The van der Waals surface area contributed by atoms with Crippen molar-refractivity contribution in [1.82, 2.24) is 13.7 Å². The van der Waals surface area contributed by atoms with Gasteiger partial charge in [-0.05, 0) is 84.4 Å². The van der Waals surface area contributed by atoms with Gasteiger partial charge >= 0.3 is 0 Å². The van der Waals surface area contributed by atoms with E-state index < -0.39 is 0 Å². The third-order valence-electron chi connectivity index (χ3n) is 11.3. The van der Waals surface area contributed by atoms with Crippen LogP contribution < -0.4 is 0 Å². The lowest BCUT2D eigenvalue weighted by Crippen LogP contribution is -2.02. The molecule has 6 heteroatoms. The molecular formula is C51H28N6. The molecule has 0 fully saturated rings. The van der Waals surface area contributed by atoms with Crippen molar-refractivity contribution in [2.75, 3.05) is 0 Å². The fraction of sp³-hybridized carbons (Fsp3) is 0. The maximum Gasteiger partial charge on any atom is 0.189 e. The van der Waals surface area contributed by atoms with Crippen molar-refractivity contribution in [3.8, 4) is 40.3 Å². The molecule has 11 rings (SSSR count). The number of benzene rings is 8. The van der Waals surface area contributed by atoms with Gasteiger partial charge in [0, 0.05) is 49.3 Å². The zero-order chi connectivity index (χ0) is 38.2. The molecule has 0 radical (unpaired) electrons. The first kappa shape index (κ1) is 32.1. The number of aromatic nitrogens is 3. The van der Waals surface area contributed by atoms with Crippen molar-refractivity contribution in [1.29, 1.82) is 10.5 Å². The van der Waals surface area contributed by atoms with Crippen LogP contribution in [0.3, 0.4) is 0 Å². The number of nitriles is 2. The van der Waals surface area contributed by atoms with Crippen LogP contribution in [0.15, 0.2) is 170 Å². The first-order chi connectivity index (χ1) is 28.1. The van der Waals surface area contributed by atoms with Gasteiger partial charge in [0.05, 0.1) is 62.6 Å². The van der Waals surface area contributed by atoms with Gasteiger partial charge in [-0.2, -0.15) is 10.5 Å². The molecule has 262 valence electrons. The third-order valence-corrected chi connectivity index (χ3v) is 11.3. The second kappa shape index (κ2) is 12.3. The number of rotatable bonds is 4. The summed E-state index contributed by atoms with van der Waals surface area (Å²) in [6.07, 6.45) is 0. The lowest BCUT2D eigenvalue weighted by molar-refractivity contribution is 1.15. The van der Waals surface area contributed by atoms with Crippen molar-refractivity contribution in [3.05, 3.63) is 192 Å². The molecule has 6 nitrogen and oxygen atoms in total. The molecule has 0 amide bonds. The molecular weight excluding hydrogens is 697 g/mol. The fourth-order valence-corrected chi connectivity index (χ4v) is 8.91. The minimum Gasteiger partial charge on any atom is -0.310 e. The van der Waals surface area contributed by atoms with Gasteiger partial charge in [0.15, 0.2) is 5.69 Å². The average molecular weight is 725 g/mol.